The Kier molecular flexibility index (Phi) is 4.95. The van der Waals surface area contributed by atoms with E-state index in [1.54, 1.807) is 16.9 Å². The number of carbonyl (C=O) groups excluding carboxylic acids is 1. The maximum Gasteiger partial charge on any atom is 0.435 e. The Hall–Kier alpha value is -2.66. The summed E-state index contributed by atoms with van der Waals surface area (Å²) in [7, 11) is 1.42. The molecule has 29 heavy (non-hydrogen) atoms. The Morgan fingerprint density at radius 1 is 1.21 bits per heavy atom. The van der Waals surface area contributed by atoms with Gasteiger partial charge < -0.3 is 5.32 Å². The molecule has 0 spiro atoms. The number of amides is 1. The number of carbonyl (C=O) groups is 1. The van der Waals surface area contributed by atoms with Gasteiger partial charge in [0.25, 0.3) is 5.91 Å². The van der Waals surface area contributed by atoms with Gasteiger partial charge in [-0.25, -0.2) is 0 Å². The SMILES string of the molecule is Cn1nc(C(F)(F)F)c2cc(C(=O)Nc3ccn(Cc4ccc(Br)cc4)n3)sc21. The van der Waals surface area contributed by atoms with Crippen LogP contribution >= 0.6 is 27.3 Å². The molecule has 6 nitrogen and oxygen atoms in total. The van der Waals surface area contributed by atoms with E-state index < -0.39 is 17.8 Å². The van der Waals surface area contributed by atoms with Gasteiger partial charge in [0.05, 0.1) is 11.4 Å². The molecule has 0 aliphatic heterocycles. The van der Waals surface area contributed by atoms with Gasteiger partial charge in [0.2, 0.25) is 0 Å². The van der Waals surface area contributed by atoms with Gasteiger partial charge in [-0.3, -0.25) is 14.2 Å². The van der Waals surface area contributed by atoms with Crippen LogP contribution in [-0.4, -0.2) is 25.5 Å². The number of nitrogens with one attached hydrogen (secondary N) is 1. The highest BCUT2D eigenvalue weighted by molar-refractivity contribution is 9.10. The summed E-state index contributed by atoms with van der Waals surface area (Å²) in [5.74, 6) is -0.202. The number of alkyl halides is 3. The predicted octanol–water partition coefficient (Wildman–Crippen LogP) is 4.91. The maximum absolute atomic E-state index is 13.1. The number of aromatic nitrogens is 4. The van der Waals surface area contributed by atoms with Crippen LogP contribution < -0.4 is 5.32 Å². The van der Waals surface area contributed by atoms with E-state index >= 15 is 0 Å². The lowest BCUT2D eigenvalue weighted by atomic mass is 10.2. The topological polar surface area (TPSA) is 64.7 Å². The number of thiophene rings is 1. The summed E-state index contributed by atoms with van der Waals surface area (Å²) in [4.78, 5) is 12.9. The van der Waals surface area contributed by atoms with Gasteiger partial charge in [0.15, 0.2) is 11.5 Å². The Morgan fingerprint density at radius 2 is 1.93 bits per heavy atom. The summed E-state index contributed by atoms with van der Waals surface area (Å²) in [6.07, 6.45) is -2.87. The Labute approximate surface area is 175 Å². The van der Waals surface area contributed by atoms with Crippen molar-refractivity contribution in [3.8, 4) is 0 Å². The van der Waals surface area contributed by atoms with E-state index in [9.17, 15) is 18.0 Å². The molecule has 0 saturated carbocycles. The van der Waals surface area contributed by atoms with E-state index in [4.69, 9.17) is 0 Å². The molecule has 0 unspecified atom stereocenters. The van der Waals surface area contributed by atoms with Gasteiger partial charge in [0, 0.05) is 29.2 Å². The van der Waals surface area contributed by atoms with Crippen LogP contribution in [0.15, 0.2) is 47.1 Å². The minimum Gasteiger partial charge on any atom is -0.304 e. The summed E-state index contributed by atoms with van der Waals surface area (Å²) in [6.45, 7) is 0.520. The van der Waals surface area contributed by atoms with Crippen molar-refractivity contribution >= 4 is 49.2 Å². The third-order valence-electron chi connectivity index (χ3n) is 4.14. The summed E-state index contributed by atoms with van der Waals surface area (Å²) >= 11 is 4.33. The highest BCUT2D eigenvalue weighted by Gasteiger charge is 2.37. The largest absolute Gasteiger partial charge is 0.435 e. The van der Waals surface area contributed by atoms with Crippen LogP contribution in [0, 0.1) is 0 Å². The van der Waals surface area contributed by atoms with Gasteiger partial charge in [-0.2, -0.15) is 23.4 Å². The van der Waals surface area contributed by atoms with Gasteiger partial charge in [-0.1, -0.05) is 28.1 Å². The van der Waals surface area contributed by atoms with Crippen LogP contribution in [0.2, 0.25) is 0 Å². The van der Waals surface area contributed by atoms with E-state index in [2.05, 4.69) is 31.4 Å². The van der Waals surface area contributed by atoms with Crippen LogP contribution in [0.5, 0.6) is 0 Å². The standard InChI is InChI=1S/C18H13BrF3N5OS/c1-26-17-12(15(25-26)18(20,21)22)8-13(29-17)16(28)23-14-6-7-27(24-14)9-10-2-4-11(19)5-3-10/h2-8H,9H2,1H3,(H,23,24,28). The van der Waals surface area contributed by atoms with Crippen molar-refractivity contribution in [1.82, 2.24) is 19.6 Å². The van der Waals surface area contributed by atoms with Crippen LogP contribution in [0.1, 0.15) is 20.9 Å². The first kappa shape index (κ1) is 19.6. The third kappa shape index (κ3) is 4.06. The number of halogens is 4. The second kappa shape index (κ2) is 7.30. The normalized spacial score (nSPS) is 11.9. The van der Waals surface area contributed by atoms with Crippen molar-refractivity contribution < 1.29 is 18.0 Å². The molecule has 4 rings (SSSR count). The maximum atomic E-state index is 13.1. The summed E-state index contributed by atoms with van der Waals surface area (Å²) < 4.78 is 43.1. The van der Waals surface area contributed by atoms with Gasteiger partial charge in [-0.05, 0) is 23.8 Å². The van der Waals surface area contributed by atoms with Crippen LogP contribution in [0.3, 0.4) is 0 Å². The molecule has 1 amide bonds. The molecule has 0 atom stereocenters. The van der Waals surface area contributed by atoms with Crippen LogP contribution in [0.25, 0.3) is 10.2 Å². The Morgan fingerprint density at radius 3 is 2.62 bits per heavy atom. The first-order chi connectivity index (χ1) is 13.7. The fourth-order valence-electron chi connectivity index (χ4n) is 2.83. The molecule has 0 radical (unpaired) electrons. The first-order valence-corrected chi connectivity index (χ1v) is 9.94. The molecule has 11 heteroatoms. The zero-order valence-electron chi connectivity index (χ0n) is 14.9. The third-order valence-corrected chi connectivity index (χ3v) is 5.87. The van der Waals surface area contributed by atoms with E-state index in [0.29, 0.717) is 12.4 Å². The number of hydrogen-bond donors (Lipinski definition) is 1. The fraction of sp³-hybridized carbons (Fsp3) is 0.167. The number of nitrogens with zero attached hydrogens (tertiary/aromatic N) is 4. The number of fused-ring (bicyclic) bond motifs is 1. The van der Waals surface area contributed by atoms with E-state index in [1.165, 1.54) is 13.1 Å². The monoisotopic (exact) mass is 483 g/mol. The number of anilines is 1. The fourth-order valence-corrected chi connectivity index (χ4v) is 4.06. The average molecular weight is 484 g/mol. The van der Waals surface area contributed by atoms with Crippen molar-refractivity contribution in [1.29, 1.82) is 0 Å². The molecule has 0 fully saturated rings. The van der Waals surface area contributed by atoms with E-state index in [0.717, 1.165) is 26.1 Å². The summed E-state index contributed by atoms with van der Waals surface area (Å²) in [6, 6.07) is 10.6. The van der Waals surface area contributed by atoms with Gasteiger partial charge in [-0.15, -0.1) is 11.3 Å². The molecule has 0 bridgehead atoms. The molecular weight excluding hydrogens is 471 g/mol. The zero-order valence-corrected chi connectivity index (χ0v) is 17.3. The van der Waals surface area contributed by atoms with Crippen molar-refractivity contribution in [2.75, 3.05) is 5.32 Å². The molecule has 1 aromatic carbocycles. The highest BCUT2D eigenvalue weighted by atomic mass is 79.9. The molecule has 1 N–H and O–H groups in total. The minimum atomic E-state index is -4.58. The lowest BCUT2D eigenvalue weighted by Gasteiger charge is -2.03. The Balaban J connectivity index is 1.51. The van der Waals surface area contributed by atoms with Crippen molar-refractivity contribution in [3.63, 3.8) is 0 Å². The van der Waals surface area contributed by atoms with Crippen molar-refractivity contribution in [2.45, 2.75) is 12.7 Å². The molecule has 3 heterocycles. The molecule has 3 aromatic heterocycles. The molecule has 4 aromatic rings. The van der Waals surface area contributed by atoms with Crippen LogP contribution in [-0.2, 0) is 19.8 Å². The molecular formula is C18H13BrF3N5OS. The molecule has 150 valence electrons. The lowest BCUT2D eigenvalue weighted by Crippen LogP contribution is -2.12. The smallest absolute Gasteiger partial charge is 0.304 e. The summed E-state index contributed by atoms with van der Waals surface area (Å²) in [5, 5.41) is 10.3. The second-order valence-electron chi connectivity index (χ2n) is 6.28. The number of benzene rings is 1. The predicted molar refractivity (Wildman–Crippen MR) is 107 cm³/mol. The van der Waals surface area contributed by atoms with E-state index in [-0.39, 0.29) is 15.1 Å². The molecule has 0 aliphatic carbocycles. The quantitative estimate of drug-likeness (QED) is 0.448. The van der Waals surface area contributed by atoms with Crippen molar-refractivity contribution in [2.24, 2.45) is 7.05 Å². The highest BCUT2D eigenvalue weighted by Crippen LogP contribution is 2.37. The number of rotatable bonds is 4. The second-order valence-corrected chi connectivity index (χ2v) is 8.22. The minimum absolute atomic E-state index is 0.0871. The average Bonchev–Trinajstić information content (AvgIpc) is 3.33. The van der Waals surface area contributed by atoms with Gasteiger partial charge >= 0.3 is 6.18 Å². The van der Waals surface area contributed by atoms with Crippen molar-refractivity contribution in [3.05, 3.63) is 63.2 Å². The lowest BCUT2D eigenvalue weighted by molar-refractivity contribution is -0.140. The van der Waals surface area contributed by atoms with Crippen LogP contribution in [0.4, 0.5) is 19.0 Å². The zero-order chi connectivity index (χ0) is 20.8. The molecule has 0 aliphatic rings. The van der Waals surface area contributed by atoms with Gasteiger partial charge in [0.1, 0.15) is 4.83 Å². The number of aryl methyl sites for hydroxylation is 1. The number of hydrogen-bond acceptors (Lipinski definition) is 4. The Bertz CT molecular complexity index is 1190. The first-order valence-electron chi connectivity index (χ1n) is 8.34. The molecule has 0 saturated heterocycles. The summed E-state index contributed by atoms with van der Waals surface area (Å²) in [5.41, 5.74) is 0.0370. The van der Waals surface area contributed by atoms with E-state index in [1.807, 2.05) is 24.3 Å².